The highest BCUT2D eigenvalue weighted by Crippen LogP contribution is 2.25. The summed E-state index contributed by atoms with van der Waals surface area (Å²) in [4.78, 5) is 22.4. The number of halogens is 1. The highest BCUT2D eigenvalue weighted by atomic mass is 79.9. The van der Waals surface area contributed by atoms with E-state index in [4.69, 9.17) is 0 Å². The van der Waals surface area contributed by atoms with E-state index in [0.717, 1.165) is 15.7 Å². The molecule has 1 N–H and O–H groups in total. The Morgan fingerprint density at radius 2 is 2.19 bits per heavy atom. The minimum atomic E-state index is -0.517. The van der Waals surface area contributed by atoms with E-state index in [-0.39, 0.29) is 23.8 Å². The maximum atomic E-state index is 12.0. The van der Waals surface area contributed by atoms with Crippen LogP contribution in [0.4, 0.5) is 11.4 Å². The molecule has 1 aromatic heterocycles. The molecule has 0 bridgehead atoms. The Morgan fingerprint density at radius 3 is 2.76 bits per heavy atom. The summed E-state index contributed by atoms with van der Waals surface area (Å²) in [5.74, 6) is -0.378. The zero-order valence-electron chi connectivity index (χ0n) is 11.5. The van der Waals surface area contributed by atoms with Gasteiger partial charge in [0.2, 0.25) is 5.91 Å². The van der Waals surface area contributed by atoms with Crippen molar-refractivity contribution in [3.05, 3.63) is 50.2 Å². The monoisotopic (exact) mass is 352 g/mol. The third-order valence-electron chi connectivity index (χ3n) is 2.82. The molecule has 1 amide bonds. The zero-order valence-corrected chi connectivity index (χ0v) is 13.0. The van der Waals surface area contributed by atoms with Crippen molar-refractivity contribution in [3.8, 4) is 0 Å². The van der Waals surface area contributed by atoms with Crippen LogP contribution in [-0.2, 0) is 11.3 Å². The Kier molecular flexibility index (Phi) is 4.37. The lowest BCUT2D eigenvalue weighted by atomic mass is 10.2. The molecule has 0 fully saturated rings. The van der Waals surface area contributed by atoms with Crippen LogP contribution >= 0.6 is 15.9 Å². The van der Waals surface area contributed by atoms with Gasteiger partial charge in [-0.1, -0.05) is 6.07 Å². The van der Waals surface area contributed by atoms with Gasteiger partial charge in [0.1, 0.15) is 12.2 Å². The van der Waals surface area contributed by atoms with E-state index in [9.17, 15) is 14.9 Å². The Balaban J connectivity index is 2.14. The van der Waals surface area contributed by atoms with E-state index >= 15 is 0 Å². The van der Waals surface area contributed by atoms with Gasteiger partial charge in [0.25, 0.3) is 5.69 Å². The van der Waals surface area contributed by atoms with Gasteiger partial charge in [-0.05, 0) is 41.4 Å². The number of aromatic nitrogens is 2. The first-order chi connectivity index (χ1) is 9.86. The quantitative estimate of drug-likeness (QED) is 0.676. The number of rotatable bonds is 4. The fourth-order valence-electron chi connectivity index (χ4n) is 1.81. The number of nitro benzene ring substituents is 1. The molecule has 2 aromatic rings. The minimum absolute atomic E-state index is 0.0164. The Hall–Kier alpha value is -2.22. The summed E-state index contributed by atoms with van der Waals surface area (Å²) in [5.41, 5.74) is 1.58. The molecule has 1 aromatic carbocycles. The molecule has 0 saturated carbocycles. The van der Waals surface area contributed by atoms with Crippen molar-refractivity contribution in [2.45, 2.75) is 20.4 Å². The second-order valence-electron chi connectivity index (χ2n) is 4.59. The van der Waals surface area contributed by atoms with Crippen LogP contribution in [0.3, 0.4) is 0 Å². The lowest BCUT2D eigenvalue weighted by Gasteiger charge is -2.06. The normalized spacial score (nSPS) is 10.4. The fourth-order valence-corrected chi connectivity index (χ4v) is 2.13. The second kappa shape index (κ2) is 6.04. The molecule has 0 saturated heterocycles. The number of aryl methyl sites for hydroxylation is 2. The number of carbonyl (C=O) groups is 1. The van der Waals surface area contributed by atoms with Crippen LogP contribution in [0.2, 0.25) is 0 Å². The number of anilines is 1. The first kappa shape index (κ1) is 15.2. The summed E-state index contributed by atoms with van der Waals surface area (Å²) >= 11 is 3.31. The third-order valence-corrected chi connectivity index (χ3v) is 3.59. The van der Waals surface area contributed by atoms with Gasteiger partial charge in [-0.25, -0.2) is 0 Å². The van der Waals surface area contributed by atoms with Crippen molar-refractivity contribution in [1.29, 1.82) is 0 Å². The molecule has 21 heavy (non-hydrogen) atoms. The minimum Gasteiger partial charge on any atom is -0.319 e. The van der Waals surface area contributed by atoms with Gasteiger partial charge in [-0.3, -0.25) is 19.6 Å². The first-order valence-corrected chi connectivity index (χ1v) is 6.90. The molecule has 0 unspecified atom stereocenters. The van der Waals surface area contributed by atoms with Gasteiger partial charge >= 0.3 is 0 Å². The summed E-state index contributed by atoms with van der Waals surface area (Å²) in [5, 5.41) is 17.7. The number of carbonyl (C=O) groups excluding carboxylic acids is 1. The van der Waals surface area contributed by atoms with E-state index in [0.29, 0.717) is 0 Å². The lowest BCUT2D eigenvalue weighted by molar-refractivity contribution is -0.384. The Labute approximate surface area is 129 Å². The van der Waals surface area contributed by atoms with Gasteiger partial charge in [0.05, 0.1) is 15.1 Å². The molecule has 110 valence electrons. The number of benzene rings is 1. The van der Waals surface area contributed by atoms with Crippen LogP contribution in [0.15, 0.2) is 28.9 Å². The molecule has 1 heterocycles. The number of amides is 1. The van der Waals surface area contributed by atoms with Crippen LogP contribution in [0.5, 0.6) is 0 Å². The van der Waals surface area contributed by atoms with Gasteiger partial charge in [0, 0.05) is 12.3 Å². The molecule has 0 radical (unpaired) electrons. The van der Waals surface area contributed by atoms with E-state index in [1.54, 1.807) is 19.2 Å². The number of nitrogens with zero attached hydrogens (tertiary/aromatic N) is 3. The average molecular weight is 353 g/mol. The molecular weight excluding hydrogens is 340 g/mol. The second-order valence-corrected chi connectivity index (χ2v) is 5.44. The standard InChI is InChI=1S/C13H13BrN4O3/c1-8-3-4-11(12(5-8)18(20)21)15-13(19)7-17-6-10(14)9(2)16-17/h3-6H,7H2,1-2H3,(H,15,19). The maximum Gasteiger partial charge on any atom is 0.293 e. The van der Waals surface area contributed by atoms with Crippen LogP contribution < -0.4 is 5.32 Å². The summed E-state index contributed by atoms with van der Waals surface area (Å²) in [7, 11) is 0. The largest absolute Gasteiger partial charge is 0.319 e. The molecule has 0 aliphatic rings. The van der Waals surface area contributed by atoms with Crippen molar-refractivity contribution in [3.63, 3.8) is 0 Å². The predicted molar refractivity (Wildman–Crippen MR) is 81.1 cm³/mol. The van der Waals surface area contributed by atoms with Gasteiger partial charge < -0.3 is 5.32 Å². The maximum absolute atomic E-state index is 12.0. The van der Waals surface area contributed by atoms with Crippen molar-refractivity contribution >= 4 is 33.2 Å². The molecule has 0 atom stereocenters. The molecule has 0 aliphatic heterocycles. The first-order valence-electron chi connectivity index (χ1n) is 6.11. The molecule has 0 spiro atoms. The Morgan fingerprint density at radius 1 is 1.48 bits per heavy atom. The van der Waals surface area contributed by atoms with Gasteiger partial charge in [0.15, 0.2) is 0 Å². The van der Waals surface area contributed by atoms with Crippen LogP contribution in [-0.4, -0.2) is 20.6 Å². The summed E-state index contributed by atoms with van der Waals surface area (Å²) in [6.07, 6.45) is 1.68. The highest BCUT2D eigenvalue weighted by molar-refractivity contribution is 9.10. The van der Waals surface area contributed by atoms with Crippen molar-refractivity contribution in [2.24, 2.45) is 0 Å². The van der Waals surface area contributed by atoms with E-state index in [1.165, 1.54) is 16.8 Å². The van der Waals surface area contributed by atoms with E-state index < -0.39 is 4.92 Å². The molecular formula is C13H13BrN4O3. The predicted octanol–water partition coefficient (Wildman–Crippen LogP) is 2.81. The summed E-state index contributed by atoms with van der Waals surface area (Å²) in [6, 6.07) is 4.65. The summed E-state index contributed by atoms with van der Waals surface area (Å²) < 4.78 is 2.27. The molecule has 7 nitrogen and oxygen atoms in total. The van der Waals surface area contributed by atoms with Gasteiger partial charge in [-0.15, -0.1) is 0 Å². The van der Waals surface area contributed by atoms with Crippen molar-refractivity contribution < 1.29 is 9.72 Å². The van der Waals surface area contributed by atoms with Crippen LogP contribution in [0.25, 0.3) is 0 Å². The summed E-state index contributed by atoms with van der Waals surface area (Å²) in [6.45, 7) is 3.55. The van der Waals surface area contributed by atoms with E-state index in [1.807, 2.05) is 6.92 Å². The SMILES string of the molecule is Cc1ccc(NC(=O)Cn2cc(Br)c(C)n2)c([N+](=O)[O-])c1. The highest BCUT2D eigenvalue weighted by Gasteiger charge is 2.16. The topological polar surface area (TPSA) is 90.1 Å². The van der Waals surface area contributed by atoms with Crippen LogP contribution in [0.1, 0.15) is 11.3 Å². The van der Waals surface area contributed by atoms with Crippen molar-refractivity contribution in [2.75, 3.05) is 5.32 Å². The average Bonchev–Trinajstić information content (AvgIpc) is 2.70. The number of nitrogens with one attached hydrogen (secondary N) is 1. The third kappa shape index (κ3) is 3.66. The van der Waals surface area contributed by atoms with Crippen LogP contribution in [0, 0.1) is 24.0 Å². The zero-order chi connectivity index (χ0) is 15.6. The Bertz CT molecular complexity index is 692. The number of hydrogen-bond donors (Lipinski definition) is 1. The number of nitro groups is 1. The van der Waals surface area contributed by atoms with E-state index in [2.05, 4.69) is 26.3 Å². The van der Waals surface area contributed by atoms with Gasteiger partial charge in [-0.2, -0.15) is 5.10 Å². The lowest BCUT2D eigenvalue weighted by Crippen LogP contribution is -2.19. The number of hydrogen-bond acceptors (Lipinski definition) is 4. The fraction of sp³-hybridized carbons (Fsp3) is 0.231. The molecule has 2 rings (SSSR count). The molecule has 8 heteroatoms. The van der Waals surface area contributed by atoms with Crippen molar-refractivity contribution in [1.82, 2.24) is 9.78 Å². The molecule has 0 aliphatic carbocycles. The smallest absolute Gasteiger partial charge is 0.293 e.